The number of fused-ring (bicyclic) bond motifs is 1. The quantitative estimate of drug-likeness (QED) is 0.0756. The first-order chi connectivity index (χ1) is 23.2. The lowest BCUT2D eigenvalue weighted by molar-refractivity contribution is -0.153. The molecule has 0 spiro atoms. The van der Waals surface area contributed by atoms with Gasteiger partial charge in [0.25, 0.3) is 0 Å². The first kappa shape index (κ1) is 40.6. The summed E-state index contributed by atoms with van der Waals surface area (Å²) < 4.78 is 6.48. The molecule has 0 saturated heterocycles. The van der Waals surface area contributed by atoms with Gasteiger partial charge in [0.15, 0.2) is 0 Å². The highest BCUT2D eigenvalue weighted by atomic mass is 16.5. The van der Waals surface area contributed by atoms with Gasteiger partial charge in [-0.1, -0.05) is 140 Å². The van der Waals surface area contributed by atoms with E-state index in [0.717, 1.165) is 57.3 Å². The van der Waals surface area contributed by atoms with Crippen molar-refractivity contribution in [2.75, 3.05) is 0 Å². The molecule has 6 atom stereocenters. The molecule has 0 aliphatic heterocycles. The molecule has 0 heterocycles. The van der Waals surface area contributed by atoms with E-state index in [0.29, 0.717) is 30.6 Å². The molecule has 1 N–H and O–H groups in total. The van der Waals surface area contributed by atoms with Crippen molar-refractivity contribution >= 4 is 5.97 Å². The van der Waals surface area contributed by atoms with Gasteiger partial charge in [0.05, 0.1) is 6.10 Å². The van der Waals surface area contributed by atoms with Crippen LogP contribution in [0.2, 0.25) is 0 Å². The van der Waals surface area contributed by atoms with Gasteiger partial charge in [0.1, 0.15) is 6.10 Å². The van der Waals surface area contributed by atoms with Gasteiger partial charge in [-0.3, -0.25) is 4.79 Å². The lowest BCUT2D eigenvalue weighted by Crippen LogP contribution is -2.39. The number of hydrogen-bond acceptors (Lipinski definition) is 3. The van der Waals surface area contributed by atoms with Gasteiger partial charge in [-0.15, -0.1) is 0 Å². The molecular weight excluding hydrogens is 588 g/mol. The largest absolute Gasteiger partial charge is 0.462 e. The van der Waals surface area contributed by atoms with Crippen LogP contribution in [-0.4, -0.2) is 23.3 Å². The van der Waals surface area contributed by atoms with E-state index in [4.69, 9.17) is 4.74 Å². The topological polar surface area (TPSA) is 46.5 Å². The number of aliphatic hydroxyl groups excluding tert-OH is 1. The molecule has 0 aromatic heterocycles. The summed E-state index contributed by atoms with van der Waals surface area (Å²) >= 11 is 0. The van der Waals surface area contributed by atoms with Gasteiger partial charge < -0.3 is 9.84 Å². The Morgan fingerprint density at radius 2 is 1.65 bits per heavy atom. The predicted octanol–water partition coefficient (Wildman–Crippen LogP) is 13.0. The third-order valence-corrected chi connectivity index (χ3v) is 11.9. The van der Waals surface area contributed by atoms with Crippen molar-refractivity contribution in [2.24, 2.45) is 29.1 Å². The van der Waals surface area contributed by atoms with E-state index >= 15 is 0 Å². The van der Waals surface area contributed by atoms with Gasteiger partial charge in [-0.05, 0) is 112 Å². The van der Waals surface area contributed by atoms with E-state index in [1.807, 2.05) is 0 Å². The minimum Gasteiger partial charge on any atom is -0.462 e. The lowest BCUT2D eigenvalue weighted by Gasteiger charge is -2.44. The Morgan fingerprint density at radius 1 is 0.938 bits per heavy atom. The highest BCUT2D eigenvalue weighted by Crippen LogP contribution is 2.60. The van der Waals surface area contributed by atoms with Crippen LogP contribution in [0, 0.1) is 29.1 Å². The number of aliphatic hydroxyl groups is 1. The maximum Gasteiger partial charge on any atom is 0.306 e. The SMILES string of the molecule is C=C1CC[C@H](O)C/C1=C\C=C1/CCC[C@@]2(C)[C@@H]([C@H](C)CCCC(C)C)C(OC(=O)CCCCCCC/C=C\C/C=C\CCCCC)C[C@@H]12. The molecule has 3 saturated carbocycles. The molecule has 0 bridgehead atoms. The van der Waals surface area contributed by atoms with Gasteiger partial charge in [0.2, 0.25) is 0 Å². The second-order valence-corrected chi connectivity index (χ2v) is 16.4. The van der Waals surface area contributed by atoms with E-state index < -0.39 is 0 Å². The van der Waals surface area contributed by atoms with Crippen LogP contribution in [0.25, 0.3) is 0 Å². The Bertz CT molecular complexity index is 1080. The number of rotatable bonds is 21. The zero-order chi connectivity index (χ0) is 34.8. The number of unbranched alkanes of at least 4 members (excludes halogenated alkanes) is 8. The van der Waals surface area contributed by atoms with Crippen LogP contribution in [0.15, 0.2) is 59.8 Å². The molecule has 1 unspecified atom stereocenters. The van der Waals surface area contributed by atoms with Crippen molar-refractivity contribution in [1.82, 2.24) is 0 Å². The van der Waals surface area contributed by atoms with Crippen LogP contribution in [0.3, 0.4) is 0 Å². The summed E-state index contributed by atoms with van der Waals surface area (Å²) in [6, 6.07) is 0. The highest BCUT2D eigenvalue weighted by molar-refractivity contribution is 5.69. The molecule has 0 amide bonds. The average Bonchev–Trinajstić information content (AvgIpc) is 3.34. The lowest BCUT2D eigenvalue weighted by atomic mass is 9.60. The third-order valence-electron chi connectivity index (χ3n) is 11.9. The summed E-state index contributed by atoms with van der Waals surface area (Å²) in [6.45, 7) is 16.1. The zero-order valence-corrected chi connectivity index (χ0v) is 32.0. The van der Waals surface area contributed by atoms with Crippen molar-refractivity contribution < 1.29 is 14.6 Å². The number of allylic oxidation sites excluding steroid dienone is 8. The molecule has 3 aliphatic carbocycles. The summed E-state index contributed by atoms with van der Waals surface area (Å²) in [5, 5.41) is 10.3. The van der Waals surface area contributed by atoms with Gasteiger partial charge >= 0.3 is 5.97 Å². The smallest absolute Gasteiger partial charge is 0.306 e. The Hall–Kier alpha value is -1.87. The fourth-order valence-corrected chi connectivity index (χ4v) is 9.14. The molecule has 0 aromatic rings. The fourth-order valence-electron chi connectivity index (χ4n) is 9.14. The summed E-state index contributed by atoms with van der Waals surface area (Å²) in [7, 11) is 0. The standard InChI is InChI=1S/C45H74O3/c1-7-8-9-10-11-12-13-14-15-16-17-18-19-20-21-27-43(47)48-42-34-41-38(29-30-39-33-40(46)31-28-36(39)4)26-23-32-45(41,6)44(42)37(5)25-22-24-35(2)3/h11-12,14-15,29-30,35,37,40-42,44,46H,4,7-10,13,16-28,31-34H2,1-3,5-6H3/b12-11-,15-14-,38-29+,39-30+/t37-,40+,41+,42?,44+,45-/m1/s1. The summed E-state index contributed by atoms with van der Waals surface area (Å²) in [5.41, 5.74) is 4.08. The van der Waals surface area contributed by atoms with Gasteiger partial charge in [-0.25, -0.2) is 0 Å². The number of carbonyl (C=O) groups is 1. The normalized spacial score (nSPS) is 28.7. The molecule has 3 nitrogen and oxygen atoms in total. The Morgan fingerprint density at radius 3 is 2.38 bits per heavy atom. The number of esters is 1. The maximum atomic E-state index is 13.3. The molecule has 3 rings (SSSR count). The second-order valence-electron chi connectivity index (χ2n) is 16.4. The van der Waals surface area contributed by atoms with E-state index in [9.17, 15) is 9.90 Å². The fraction of sp³-hybridized carbons (Fsp3) is 0.756. The predicted molar refractivity (Wildman–Crippen MR) is 206 cm³/mol. The first-order valence-electron chi connectivity index (χ1n) is 20.4. The Kier molecular flexibility index (Phi) is 18.6. The monoisotopic (exact) mass is 663 g/mol. The van der Waals surface area contributed by atoms with E-state index in [2.05, 4.69) is 77.7 Å². The van der Waals surface area contributed by atoms with Crippen LogP contribution >= 0.6 is 0 Å². The van der Waals surface area contributed by atoms with Crippen LogP contribution in [0.4, 0.5) is 0 Å². The summed E-state index contributed by atoms with van der Waals surface area (Å²) in [5.74, 6) is 2.15. The summed E-state index contributed by atoms with van der Waals surface area (Å²) in [6.07, 6.45) is 38.0. The molecule has 0 aromatic carbocycles. The molecule has 3 aliphatic rings. The molecule has 0 radical (unpaired) electrons. The van der Waals surface area contributed by atoms with Gasteiger partial charge in [0, 0.05) is 12.3 Å². The van der Waals surface area contributed by atoms with Crippen LogP contribution in [0.5, 0.6) is 0 Å². The van der Waals surface area contributed by atoms with Crippen molar-refractivity contribution in [3.63, 3.8) is 0 Å². The summed E-state index contributed by atoms with van der Waals surface area (Å²) in [4.78, 5) is 13.3. The molecule has 48 heavy (non-hydrogen) atoms. The average molecular weight is 663 g/mol. The van der Waals surface area contributed by atoms with Crippen LogP contribution < -0.4 is 0 Å². The number of carbonyl (C=O) groups excluding carboxylic acids is 1. The molecule has 272 valence electrons. The van der Waals surface area contributed by atoms with Gasteiger partial charge in [-0.2, -0.15) is 0 Å². The zero-order valence-electron chi connectivity index (χ0n) is 32.0. The Labute approximate surface area is 296 Å². The minimum absolute atomic E-state index is 0.0140. The van der Waals surface area contributed by atoms with Crippen molar-refractivity contribution in [3.8, 4) is 0 Å². The van der Waals surface area contributed by atoms with E-state index in [1.54, 1.807) is 0 Å². The number of ether oxygens (including phenoxy) is 1. The first-order valence-corrected chi connectivity index (χ1v) is 20.4. The third kappa shape index (κ3) is 13.4. The van der Waals surface area contributed by atoms with Crippen molar-refractivity contribution in [2.45, 2.75) is 188 Å². The molecule has 3 heteroatoms. The maximum absolute atomic E-state index is 13.3. The van der Waals surface area contributed by atoms with Crippen LogP contribution in [0.1, 0.15) is 176 Å². The van der Waals surface area contributed by atoms with Crippen molar-refractivity contribution in [1.29, 1.82) is 0 Å². The molecule has 3 fully saturated rings. The number of hydrogen-bond donors (Lipinski definition) is 1. The highest BCUT2D eigenvalue weighted by Gasteiger charge is 2.56. The van der Waals surface area contributed by atoms with Crippen LogP contribution in [-0.2, 0) is 9.53 Å². The minimum atomic E-state index is -0.248. The molecular formula is C45H74O3. The van der Waals surface area contributed by atoms with E-state index in [1.165, 1.54) is 93.8 Å². The second kappa shape index (κ2) is 22.1. The Balaban J connectivity index is 1.51. The van der Waals surface area contributed by atoms with E-state index in [-0.39, 0.29) is 23.6 Å². The van der Waals surface area contributed by atoms with Crippen molar-refractivity contribution in [3.05, 3.63) is 59.8 Å².